The maximum absolute atomic E-state index is 12.5. The summed E-state index contributed by atoms with van der Waals surface area (Å²) in [7, 11) is 1.33. The molecule has 1 heterocycles. The lowest BCUT2D eigenvalue weighted by Crippen LogP contribution is -2.13. The first kappa shape index (κ1) is 16.6. The molecule has 0 unspecified atom stereocenters. The largest absolute Gasteiger partial charge is 0.465 e. The average molecular weight is 338 g/mol. The van der Waals surface area contributed by atoms with E-state index >= 15 is 0 Å². The zero-order chi connectivity index (χ0) is 18.0. The summed E-state index contributed by atoms with van der Waals surface area (Å²) in [4.78, 5) is 24.1. The van der Waals surface area contributed by atoms with Gasteiger partial charge in [-0.1, -0.05) is 5.21 Å². The molecular weight excluding hydrogens is 320 g/mol. The molecule has 0 atom stereocenters. The number of hydrogen-bond donors (Lipinski definition) is 1. The van der Waals surface area contributed by atoms with E-state index in [0.29, 0.717) is 28.9 Å². The zero-order valence-electron chi connectivity index (χ0n) is 14.2. The highest BCUT2D eigenvalue weighted by Crippen LogP contribution is 2.19. The molecule has 3 rings (SSSR count). The molecule has 0 saturated carbocycles. The Morgan fingerprint density at radius 2 is 1.92 bits per heavy atom. The number of carbonyl (C=O) groups is 2. The Kier molecular flexibility index (Phi) is 4.47. The molecule has 7 nitrogen and oxygen atoms in total. The van der Waals surface area contributed by atoms with E-state index in [9.17, 15) is 9.59 Å². The van der Waals surface area contributed by atoms with Crippen LogP contribution in [0.3, 0.4) is 0 Å². The number of aromatic nitrogens is 3. The molecule has 0 aliphatic heterocycles. The van der Waals surface area contributed by atoms with Crippen molar-refractivity contribution < 1.29 is 14.3 Å². The van der Waals surface area contributed by atoms with Gasteiger partial charge < -0.3 is 10.1 Å². The van der Waals surface area contributed by atoms with Crippen molar-refractivity contribution >= 4 is 28.6 Å². The van der Waals surface area contributed by atoms with Crippen LogP contribution in [0.1, 0.15) is 33.2 Å². The lowest BCUT2D eigenvalue weighted by Gasteiger charge is -2.10. The van der Waals surface area contributed by atoms with Gasteiger partial charge in [0.1, 0.15) is 5.52 Å². The van der Waals surface area contributed by atoms with Crippen LogP contribution in [0.2, 0.25) is 0 Å². The fourth-order valence-electron chi connectivity index (χ4n) is 2.59. The number of ether oxygens (including phenoxy) is 1. The van der Waals surface area contributed by atoms with Gasteiger partial charge >= 0.3 is 5.97 Å². The SMILES string of the molecule is CCn1nnc2cc(C(=O)Nc3ccc(C(=O)OC)cc3C)ccc21. The van der Waals surface area contributed by atoms with E-state index in [4.69, 9.17) is 4.74 Å². The van der Waals surface area contributed by atoms with Gasteiger partial charge in [0, 0.05) is 17.8 Å². The quantitative estimate of drug-likeness (QED) is 0.739. The van der Waals surface area contributed by atoms with Crippen molar-refractivity contribution in [2.75, 3.05) is 12.4 Å². The van der Waals surface area contributed by atoms with Crippen molar-refractivity contribution in [2.24, 2.45) is 0 Å². The van der Waals surface area contributed by atoms with Crippen molar-refractivity contribution in [1.29, 1.82) is 0 Å². The Morgan fingerprint density at radius 3 is 2.60 bits per heavy atom. The highest BCUT2D eigenvalue weighted by molar-refractivity contribution is 6.06. The van der Waals surface area contributed by atoms with Crippen molar-refractivity contribution in [3.8, 4) is 0 Å². The van der Waals surface area contributed by atoms with Gasteiger partial charge in [-0.05, 0) is 55.8 Å². The van der Waals surface area contributed by atoms with Crippen molar-refractivity contribution in [1.82, 2.24) is 15.0 Å². The molecular formula is C18H18N4O3. The molecule has 0 aliphatic rings. The van der Waals surface area contributed by atoms with Crippen molar-refractivity contribution in [2.45, 2.75) is 20.4 Å². The second kappa shape index (κ2) is 6.72. The number of carbonyl (C=O) groups excluding carboxylic acids is 2. The third kappa shape index (κ3) is 3.21. The minimum atomic E-state index is -0.412. The Morgan fingerprint density at radius 1 is 1.16 bits per heavy atom. The van der Waals surface area contributed by atoms with Gasteiger partial charge in [-0.15, -0.1) is 5.10 Å². The summed E-state index contributed by atoms with van der Waals surface area (Å²) in [6.07, 6.45) is 0. The molecule has 0 aliphatic carbocycles. The van der Waals surface area contributed by atoms with Crippen LogP contribution < -0.4 is 5.32 Å². The third-order valence-corrected chi connectivity index (χ3v) is 3.97. The number of benzene rings is 2. The van der Waals surface area contributed by atoms with Gasteiger partial charge in [0.05, 0.1) is 18.2 Å². The number of fused-ring (bicyclic) bond motifs is 1. The summed E-state index contributed by atoms with van der Waals surface area (Å²) in [5.41, 5.74) is 3.90. The van der Waals surface area contributed by atoms with Crippen LogP contribution >= 0.6 is 0 Å². The van der Waals surface area contributed by atoms with Gasteiger partial charge in [-0.2, -0.15) is 0 Å². The number of esters is 1. The minimum Gasteiger partial charge on any atom is -0.465 e. The van der Waals surface area contributed by atoms with Crippen molar-refractivity contribution in [3.63, 3.8) is 0 Å². The zero-order valence-corrected chi connectivity index (χ0v) is 14.2. The first-order valence-corrected chi connectivity index (χ1v) is 7.87. The van der Waals surface area contributed by atoms with Gasteiger partial charge in [-0.3, -0.25) is 4.79 Å². The van der Waals surface area contributed by atoms with E-state index in [1.165, 1.54) is 7.11 Å². The molecule has 7 heteroatoms. The standard InChI is InChI=1S/C18H18N4O3/c1-4-22-16-8-6-12(10-15(16)20-21-22)17(23)19-14-7-5-13(9-11(14)2)18(24)25-3/h5-10H,4H2,1-3H3,(H,19,23). The molecule has 0 bridgehead atoms. The van der Waals surface area contributed by atoms with Crippen LogP contribution in [-0.2, 0) is 11.3 Å². The highest BCUT2D eigenvalue weighted by atomic mass is 16.5. The number of amides is 1. The summed E-state index contributed by atoms with van der Waals surface area (Å²) in [5.74, 6) is -0.660. The average Bonchev–Trinajstić information content (AvgIpc) is 3.04. The number of nitrogens with zero attached hydrogens (tertiary/aromatic N) is 3. The first-order valence-electron chi connectivity index (χ1n) is 7.87. The van der Waals surface area contributed by atoms with Gasteiger partial charge in [-0.25, -0.2) is 9.48 Å². The predicted octanol–water partition coefficient (Wildman–Crippen LogP) is 2.80. The number of methoxy groups -OCH3 is 1. The second-order valence-corrected chi connectivity index (χ2v) is 5.58. The summed E-state index contributed by atoms with van der Waals surface area (Å²) in [6.45, 7) is 4.52. The number of anilines is 1. The molecule has 0 saturated heterocycles. The van der Waals surface area contributed by atoms with Crippen LogP contribution in [-0.4, -0.2) is 34.0 Å². The molecule has 0 fully saturated rings. The van der Waals surface area contributed by atoms with Crippen LogP contribution in [0.25, 0.3) is 11.0 Å². The maximum atomic E-state index is 12.5. The molecule has 0 spiro atoms. The maximum Gasteiger partial charge on any atom is 0.337 e. The Labute approximate surface area is 144 Å². The van der Waals surface area contributed by atoms with E-state index < -0.39 is 5.97 Å². The Hall–Kier alpha value is -3.22. The molecule has 1 N–H and O–H groups in total. The molecule has 3 aromatic rings. The summed E-state index contributed by atoms with van der Waals surface area (Å²) < 4.78 is 6.46. The molecule has 1 aromatic heterocycles. The molecule has 2 aromatic carbocycles. The lowest BCUT2D eigenvalue weighted by molar-refractivity contribution is 0.0600. The second-order valence-electron chi connectivity index (χ2n) is 5.58. The van der Waals surface area contributed by atoms with E-state index in [1.54, 1.807) is 35.0 Å². The molecule has 128 valence electrons. The van der Waals surface area contributed by atoms with Gasteiger partial charge in [0.2, 0.25) is 0 Å². The van der Waals surface area contributed by atoms with E-state index in [2.05, 4.69) is 15.6 Å². The smallest absolute Gasteiger partial charge is 0.337 e. The van der Waals surface area contributed by atoms with Crippen LogP contribution in [0, 0.1) is 6.92 Å². The molecule has 25 heavy (non-hydrogen) atoms. The number of aryl methyl sites for hydroxylation is 2. The highest BCUT2D eigenvalue weighted by Gasteiger charge is 2.13. The number of rotatable bonds is 4. The fraction of sp³-hybridized carbons (Fsp3) is 0.222. The summed E-state index contributed by atoms with van der Waals surface area (Å²) in [5, 5.41) is 11.0. The van der Waals surface area contributed by atoms with E-state index in [0.717, 1.165) is 11.1 Å². The Bertz CT molecular complexity index is 962. The van der Waals surface area contributed by atoms with Crippen molar-refractivity contribution in [3.05, 3.63) is 53.1 Å². The third-order valence-electron chi connectivity index (χ3n) is 3.97. The monoisotopic (exact) mass is 338 g/mol. The number of nitrogens with one attached hydrogen (secondary N) is 1. The van der Waals surface area contributed by atoms with Crippen LogP contribution in [0.5, 0.6) is 0 Å². The van der Waals surface area contributed by atoms with Crippen LogP contribution in [0.4, 0.5) is 5.69 Å². The fourth-order valence-corrected chi connectivity index (χ4v) is 2.59. The summed E-state index contributed by atoms with van der Waals surface area (Å²) in [6, 6.07) is 10.3. The van der Waals surface area contributed by atoms with E-state index in [-0.39, 0.29) is 5.91 Å². The topological polar surface area (TPSA) is 86.1 Å². The molecule has 1 amide bonds. The normalized spacial score (nSPS) is 10.7. The Balaban J connectivity index is 1.83. The van der Waals surface area contributed by atoms with E-state index in [1.807, 2.05) is 19.9 Å². The lowest BCUT2D eigenvalue weighted by atomic mass is 10.1. The number of hydrogen-bond acceptors (Lipinski definition) is 5. The first-order chi connectivity index (χ1) is 12.0. The molecule has 0 radical (unpaired) electrons. The minimum absolute atomic E-state index is 0.248. The predicted molar refractivity (Wildman–Crippen MR) is 93.7 cm³/mol. The summed E-state index contributed by atoms with van der Waals surface area (Å²) >= 11 is 0. The van der Waals surface area contributed by atoms with Gasteiger partial charge in [0.15, 0.2) is 0 Å². The van der Waals surface area contributed by atoms with Gasteiger partial charge in [0.25, 0.3) is 5.91 Å². The van der Waals surface area contributed by atoms with Crippen LogP contribution in [0.15, 0.2) is 36.4 Å².